The van der Waals surface area contributed by atoms with Crippen molar-refractivity contribution in [2.75, 3.05) is 0 Å². The summed E-state index contributed by atoms with van der Waals surface area (Å²) in [6.45, 7) is 2.30. The Morgan fingerprint density at radius 1 is 0.475 bits per heavy atom. The molecular formula is C38H56ClP. The molecule has 0 spiro atoms. The van der Waals surface area contributed by atoms with Crippen LogP contribution in [0.1, 0.15) is 139 Å². The topological polar surface area (TPSA) is 0 Å². The van der Waals surface area contributed by atoms with E-state index in [9.17, 15) is 0 Å². The number of hydrogen-bond acceptors (Lipinski definition) is 0. The van der Waals surface area contributed by atoms with Gasteiger partial charge in [0.2, 0.25) is 0 Å². The monoisotopic (exact) mass is 578 g/mol. The second-order valence-electron chi connectivity index (χ2n) is 11.7. The lowest BCUT2D eigenvalue weighted by atomic mass is 9.74. The highest BCUT2D eigenvalue weighted by Crippen LogP contribution is 2.52. The van der Waals surface area contributed by atoms with E-state index in [-0.39, 0.29) is 17.6 Å². The second-order valence-corrected chi connectivity index (χ2v) is 12.6. The number of halogens is 1. The third-order valence-corrected chi connectivity index (χ3v) is 9.67. The van der Waals surface area contributed by atoms with Gasteiger partial charge in [0, 0.05) is 11.1 Å². The van der Waals surface area contributed by atoms with Crippen molar-refractivity contribution in [2.45, 2.75) is 127 Å². The van der Waals surface area contributed by atoms with E-state index in [1.165, 1.54) is 126 Å². The first-order chi connectivity index (χ1) is 19.3. The highest BCUT2D eigenvalue weighted by molar-refractivity contribution is 7.19. The normalized spacial score (nSPS) is 12.2. The molecule has 0 bridgehead atoms. The summed E-state index contributed by atoms with van der Waals surface area (Å²) in [5.41, 5.74) is 4.21. The van der Waals surface area contributed by atoms with Crippen LogP contribution in [0.25, 0.3) is 0 Å². The lowest BCUT2D eigenvalue weighted by Gasteiger charge is -2.39. The third-order valence-electron chi connectivity index (χ3n) is 8.60. The van der Waals surface area contributed by atoms with E-state index in [0.717, 1.165) is 0 Å². The molecule has 0 amide bonds. The van der Waals surface area contributed by atoms with Gasteiger partial charge in [-0.25, -0.2) is 0 Å². The van der Waals surface area contributed by atoms with Gasteiger partial charge in [-0.1, -0.05) is 201 Å². The molecule has 2 heteroatoms. The van der Waals surface area contributed by atoms with Crippen LogP contribution >= 0.6 is 21.6 Å². The maximum atomic E-state index is 3.31. The first-order valence-corrected chi connectivity index (χ1v) is 16.8. The van der Waals surface area contributed by atoms with Crippen LogP contribution in [0.5, 0.6) is 0 Å². The third kappa shape index (κ3) is 11.7. The van der Waals surface area contributed by atoms with Gasteiger partial charge in [-0.2, -0.15) is 0 Å². The lowest BCUT2D eigenvalue weighted by Crippen LogP contribution is -2.29. The lowest BCUT2D eigenvalue weighted by molar-refractivity contribution is 0.476. The van der Waals surface area contributed by atoms with Crippen molar-refractivity contribution in [3.8, 4) is 0 Å². The number of benzene rings is 3. The van der Waals surface area contributed by atoms with E-state index >= 15 is 0 Å². The zero-order chi connectivity index (χ0) is 27.4. The van der Waals surface area contributed by atoms with E-state index in [1.54, 1.807) is 0 Å². The molecule has 220 valence electrons. The Labute approximate surface area is 255 Å². The van der Waals surface area contributed by atoms with Gasteiger partial charge in [0.15, 0.2) is 0 Å². The predicted molar refractivity (Wildman–Crippen MR) is 184 cm³/mol. The maximum Gasteiger partial charge on any atom is 0.0412 e. The summed E-state index contributed by atoms with van der Waals surface area (Å²) in [7, 11) is 3.31. The highest BCUT2D eigenvalue weighted by Gasteiger charge is 2.38. The van der Waals surface area contributed by atoms with Crippen molar-refractivity contribution in [3.63, 3.8) is 0 Å². The van der Waals surface area contributed by atoms with Crippen LogP contribution in [0.4, 0.5) is 0 Å². The smallest absolute Gasteiger partial charge is 0.0412 e. The van der Waals surface area contributed by atoms with Gasteiger partial charge in [0.25, 0.3) is 0 Å². The Hall–Kier alpha value is -1.62. The summed E-state index contributed by atoms with van der Waals surface area (Å²) in [6, 6.07) is 33.5. The van der Waals surface area contributed by atoms with E-state index in [4.69, 9.17) is 0 Å². The second kappa shape index (κ2) is 21.1. The molecule has 40 heavy (non-hydrogen) atoms. The summed E-state index contributed by atoms with van der Waals surface area (Å²) in [4.78, 5) is 0. The summed E-state index contributed by atoms with van der Waals surface area (Å²) in [5.74, 6) is 0.417. The maximum absolute atomic E-state index is 3.31. The van der Waals surface area contributed by atoms with E-state index in [0.29, 0.717) is 5.92 Å². The highest BCUT2D eigenvalue weighted by atomic mass is 35.5. The minimum atomic E-state index is -0.140. The van der Waals surface area contributed by atoms with Crippen molar-refractivity contribution in [1.29, 1.82) is 0 Å². The molecule has 3 rings (SSSR count). The fourth-order valence-electron chi connectivity index (χ4n) is 6.24. The van der Waals surface area contributed by atoms with E-state index < -0.39 is 0 Å². The van der Waals surface area contributed by atoms with Crippen LogP contribution in [0.2, 0.25) is 0 Å². The number of unbranched alkanes of at least 4 members (excludes halogenated alkanes) is 15. The molecule has 0 fully saturated rings. The number of rotatable bonds is 21. The van der Waals surface area contributed by atoms with Crippen molar-refractivity contribution in [1.82, 2.24) is 0 Å². The van der Waals surface area contributed by atoms with E-state index in [2.05, 4.69) is 107 Å². The predicted octanol–water partition coefficient (Wildman–Crippen LogP) is 12.7. The minimum absolute atomic E-state index is 0. The zero-order valence-electron chi connectivity index (χ0n) is 25.2. The summed E-state index contributed by atoms with van der Waals surface area (Å²) in [5, 5.41) is -0.140. The van der Waals surface area contributed by atoms with Crippen molar-refractivity contribution in [3.05, 3.63) is 108 Å². The SMILES string of the molecule is CCCCCCCCCCCCCCCCCCC(c1ccccc1)C(P)(c1ccccc1)c1ccccc1.Cl. The fourth-order valence-corrected chi connectivity index (χ4v) is 6.98. The van der Waals surface area contributed by atoms with Gasteiger partial charge in [-0.3, -0.25) is 0 Å². The van der Waals surface area contributed by atoms with Gasteiger partial charge >= 0.3 is 0 Å². The van der Waals surface area contributed by atoms with Crippen molar-refractivity contribution < 1.29 is 0 Å². The molecule has 0 heterocycles. The molecule has 0 saturated heterocycles. The molecule has 0 saturated carbocycles. The molecule has 2 unspecified atom stereocenters. The van der Waals surface area contributed by atoms with Gasteiger partial charge < -0.3 is 0 Å². The van der Waals surface area contributed by atoms with Gasteiger partial charge in [0.1, 0.15) is 0 Å². The molecule has 0 radical (unpaired) electrons. The first kappa shape index (κ1) is 34.6. The standard InChI is InChI=1S/C38H55P.ClH/c1-2-3-4-5-6-7-8-9-10-11-12-13-14-15-16-26-33-37(34-27-20-17-21-28-34)38(39,35-29-22-18-23-30-35)36-31-24-19-25-32-36;/h17-25,27-32,37H,2-16,26,33,39H2,1H3;1H. The molecule has 3 aromatic rings. The Balaban J connectivity index is 0.00000560. The Morgan fingerprint density at radius 2 is 0.800 bits per heavy atom. The molecule has 0 aliphatic heterocycles. The molecule has 2 atom stereocenters. The zero-order valence-corrected chi connectivity index (χ0v) is 27.2. The molecular weight excluding hydrogens is 523 g/mol. The average Bonchev–Trinajstić information content (AvgIpc) is 3.00. The number of hydrogen-bond donors (Lipinski definition) is 0. The minimum Gasteiger partial charge on any atom is -0.147 e. The van der Waals surface area contributed by atoms with Gasteiger partial charge in [-0.15, -0.1) is 21.6 Å². The van der Waals surface area contributed by atoms with Crippen LogP contribution in [0, 0.1) is 0 Å². The molecule has 3 aromatic carbocycles. The quantitative estimate of drug-likeness (QED) is 0.0870. The van der Waals surface area contributed by atoms with Crippen LogP contribution in [-0.2, 0) is 5.16 Å². The van der Waals surface area contributed by atoms with Crippen LogP contribution in [0.3, 0.4) is 0 Å². The fraction of sp³-hybridized carbons (Fsp3) is 0.526. The largest absolute Gasteiger partial charge is 0.147 e. The van der Waals surface area contributed by atoms with Crippen LogP contribution < -0.4 is 0 Å². The molecule has 0 aliphatic rings. The van der Waals surface area contributed by atoms with E-state index in [1.807, 2.05) is 0 Å². The molecule has 0 N–H and O–H groups in total. The summed E-state index contributed by atoms with van der Waals surface area (Å²) in [6.07, 6.45) is 23.8. The van der Waals surface area contributed by atoms with Gasteiger partial charge in [0.05, 0.1) is 0 Å². The Bertz CT molecular complexity index is 933. The molecule has 0 nitrogen and oxygen atoms in total. The Kier molecular flexibility index (Phi) is 18.3. The Morgan fingerprint density at radius 3 is 1.18 bits per heavy atom. The van der Waals surface area contributed by atoms with Crippen molar-refractivity contribution in [2.24, 2.45) is 0 Å². The average molecular weight is 579 g/mol. The first-order valence-electron chi connectivity index (χ1n) is 16.2. The molecule has 0 aromatic heterocycles. The summed E-state index contributed by atoms with van der Waals surface area (Å²) >= 11 is 0. The molecule has 0 aliphatic carbocycles. The summed E-state index contributed by atoms with van der Waals surface area (Å²) < 4.78 is 0. The van der Waals surface area contributed by atoms with Crippen molar-refractivity contribution >= 4 is 21.6 Å². The van der Waals surface area contributed by atoms with Gasteiger partial charge in [-0.05, 0) is 23.1 Å². The van der Waals surface area contributed by atoms with Crippen LogP contribution in [0.15, 0.2) is 91.0 Å². The van der Waals surface area contributed by atoms with Crippen LogP contribution in [-0.4, -0.2) is 0 Å².